The largest absolute Gasteiger partial charge is 0.379 e. The van der Waals surface area contributed by atoms with Gasteiger partial charge in [0, 0.05) is 82.5 Å². The molecule has 58 heavy (non-hydrogen) atoms. The third-order valence-corrected chi connectivity index (χ3v) is 9.83. The number of unbranched alkanes of at least 4 members (excludes halogenated alkanes) is 3. The maximum absolute atomic E-state index is 13.2. The zero-order valence-corrected chi connectivity index (χ0v) is 34.4. The Morgan fingerprint density at radius 1 is 0.810 bits per heavy atom. The predicted octanol–water partition coefficient (Wildman–Crippen LogP) is 3.75. The Morgan fingerprint density at radius 2 is 1.48 bits per heavy atom. The second kappa shape index (κ2) is 26.5. The number of pyridine rings is 1. The quantitative estimate of drug-likeness (QED) is 0.0919. The van der Waals surface area contributed by atoms with E-state index in [1.54, 1.807) is 5.01 Å². The molecule has 1 aromatic carbocycles. The number of carbonyl (C=O) groups is 4. The minimum Gasteiger partial charge on any atom is -0.379 e. The number of fused-ring (bicyclic) bond motifs is 1. The summed E-state index contributed by atoms with van der Waals surface area (Å²) in [6.45, 7) is 10.4. The molecule has 2 aromatic rings. The van der Waals surface area contributed by atoms with Crippen LogP contribution in [0.1, 0.15) is 87.5 Å². The lowest BCUT2D eigenvalue weighted by molar-refractivity contribution is -0.132. The zero-order chi connectivity index (χ0) is 41.4. The van der Waals surface area contributed by atoms with Crippen LogP contribution in [-0.4, -0.2) is 123 Å². The van der Waals surface area contributed by atoms with Gasteiger partial charge in [-0.05, 0) is 66.5 Å². The summed E-state index contributed by atoms with van der Waals surface area (Å²) < 4.78 is 21.8. The summed E-state index contributed by atoms with van der Waals surface area (Å²) >= 11 is 0. The molecule has 1 atom stereocenters. The summed E-state index contributed by atoms with van der Waals surface area (Å²) in [6.07, 6.45) is 10.4. The van der Waals surface area contributed by atoms with Crippen molar-refractivity contribution in [3.8, 4) is 0 Å². The van der Waals surface area contributed by atoms with Crippen molar-refractivity contribution in [3.63, 3.8) is 0 Å². The van der Waals surface area contributed by atoms with Crippen LogP contribution in [0.2, 0.25) is 0 Å². The number of hydrazone groups is 1. The van der Waals surface area contributed by atoms with E-state index in [1.807, 2.05) is 48.5 Å². The maximum atomic E-state index is 13.2. The van der Waals surface area contributed by atoms with E-state index in [0.29, 0.717) is 111 Å². The van der Waals surface area contributed by atoms with Crippen LogP contribution in [0.3, 0.4) is 0 Å². The molecule has 5 amide bonds. The van der Waals surface area contributed by atoms with Gasteiger partial charge in [0.15, 0.2) is 0 Å². The first-order valence-corrected chi connectivity index (χ1v) is 20.8. The molecule has 0 saturated heterocycles. The molecule has 0 bridgehead atoms. The predicted molar refractivity (Wildman–Crippen MR) is 221 cm³/mol. The highest BCUT2D eigenvalue weighted by atomic mass is 16.6. The van der Waals surface area contributed by atoms with E-state index in [4.69, 9.17) is 29.8 Å². The van der Waals surface area contributed by atoms with Crippen LogP contribution in [0.5, 0.6) is 0 Å². The molecular weight excluding hydrogens is 745 g/mol. The molecule has 2 aliphatic heterocycles. The number of nitrogens with two attached hydrogens (primary N) is 1. The topological polar surface area (TPSA) is 199 Å². The molecule has 3 heterocycles. The maximum Gasteiger partial charge on any atom is 0.322 e. The summed E-state index contributed by atoms with van der Waals surface area (Å²) in [4.78, 5) is 55.7. The van der Waals surface area contributed by atoms with E-state index in [9.17, 15) is 19.2 Å². The van der Waals surface area contributed by atoms with E-state index < -0.39 is 0 Å². The highest BCUT2D eigenvalue weighted by Gasteiger charge is 2.28. The van der Waals surface area contributed by atoms with Gasteiger partial charge in [0.2, 0.25) is 17.7 Å². The van der Waals surface area contributed by atoms with Crippen molar-refractivity contribution in [2.45, 2.75) is 84.7 Å². The van der Waals surface area contributed by atoms with E-state index in [1.165, 1.54) is 11.1 Å². The average molecular weight is 809 g/mol. The summed E-state index contributed by atoms with van der Waals surface area (Å²) in [6, 6.07) is 7.52. The van der Waals surface area contributed by atoms with Crippen molar-refractivity contribution in [1.29, 1.82) is 0 Å². The highest BCUT2D eigenvalue weighted by Crippen LogP contribution is 2.27. The van der Waals surface area contributed by atoms with Crippen molar-refractivity contribution in [2.24, 2.45) is 16.8 Å². The number of rotatable bonds is 28. The Hall–Kier alpha value is -4.48. The normalized spacial score (nSPS) is 15.0. The van der Waals surface area contributed by atoms with Gasteiger partial charge >= 0.3 is 6.03 Å². The van der Waals surface area contributed by atoms with Gasteiger partial charge in [-0.3, -0.25) is 19.4 Å². The average Bonchev–Trinajstić information content (AvgIpc) is 3.67. The third-order valence-electron chi connectivity index (χ3n) is 9.83. The first-order valence-electron chi connectivity index (χ1n) is 20.8. The van der Waals surface area contributed by atoms with Crippen LogP contribution in [0.4, 0.5) is 10.5 Å². The Bertz CT molecular complexity index is 1610. The van der Waals surface area contributed by atoms with Crippen molar-refractivity contribution in [3.05, 3.63) is 58.9 Å². The van der Waals surface area contributed by atoms with Gasteiger partial charge in [0.05, 0.1) is 58.6 Å². The van der Waals surface area contributed by atoms with Gasteiger partial charge in [-0.1, -0.05) is 32.4 Å². The molecule has 16 heteroatoms. The van der Waals surface area contributed by atoms with Crippen LogP contribution >= 0.6 is 0 Å². The number of nitrogens with zero attached hydrogens (tertiary/aromatic N) is 4. The van der Waals surface area contributed by atoms with Crippen LogP contribution < -0.4 is 21.7 Å². The number of anilines is 1. The fourth-order valence-corrected chi connectivity index (χ4v) is 6.58. The number of amides is 5. The molecule has 0 saturated carbocycles. The highest BCUT2D eigenvalue weighted by molar-refractivity contribution is 6.06. The van der Waals surface area contributed by atoms with Crippen LogP contribution in [-0.2, 0) is 52.8 Å². The molecule has 1 unspecified atom stereocenters. The summed E-state index contributed by atoms with van der Waals surface area (Å²) in [7, 11) is 0. The van der Waals surface area contributed by atoms with E-state index in [-0.39, 0.29) is 36.1 Å². The lowest BCUT2D eigenvalue weighted by Crippen LogP contribution is -2.37. The molecule has 2 aliphatic rings. The number of aryl methyl sites for hydroxylation is 1. The number of benzene rings is 1. The number of hydrogen-bond acceptors (Lipinski definition) is 11. The van der Waals surface area contributed by atoms with Gasteiger partial charge in [-0.25, -0.2) is 9.80 Å². The first-order chi connectivity index (χ1) is 28.3. The van der Waals surface area contributed by atoms with E-state index in [0.717, 1.165) is 55.4 Å². The summed E-state index contributed by atoms with van der Waals surface area (Å²) in [5.74, 6) is -0.158. The van der Waals surface area contributed by atoms with Crippen LogP contribution in [0.15, 0.2) is 41.8 Å². The SMILES string of the molecule is CCCCc1cncc2c1CN(C(=O)Nc1ccc(C3=NN(CCCCCNC(=O)CCOCCOCCOCCOCCNC(=O)CCN)C(=O)CC3C)cc1)C2. The minimum atomic E-state index is -0.143. The molecule has 16 nitrogen and oxygen atoms in total. The van der Waals surface area contributed by atoms with Crippen molar-refractivity contribution >= 4 is 35.2 Å². The number of aromatic nitrogens is 1. The zero-order valence-electron chi connectivity index (χ0n) is 34.4. The lowest BCUT2D eigenvalue weighted by Gasteiger charge is -2.28. The summed E-state index contributed by atoms with van der Waals surface area (Å²) in [5.41, 5.74) is 11.4. The molecule has 0 radical (unpaired) electrons. The second-order valence-corrected chi connectivity index (χ2v) is 14.5. The first kappa shape index (κ1) is 46.2. The molecule has 1 aromatic heterocycles. The Labute approximate surface area is 342 Å². The van der Waals surface area contributed by atoms with E-state index >= 15 is 0 Å². The van der Waals surface area contributed by atoms with Crippen molar-refractivity contribution in [1.82, 2.24) is 25.5 Å². The van der Waals surface area contributed by atoms with Gasteiger partial charge in [0.1, 0.15) is 0 Å². The van der Waals surface area contributed by atoms with Crippen LogP contribution in [0, 0.1) is 5.92 Å². The Balaban J connectivity index is 1.02. The molecule has 0 spiro atoms. The van der Waals surface area contributed by atoms with E-state index in [2.05, 4.69) is 27.9 Å². The third kappa shape index (κ3) is 16.4. The number of nitrogens with one attached hydrogen (secondary N) is 3. The second-order valence-electron chi connectivity index (χ2n) is 14.5. The molecule has 320 valence electrons. The number of carbonyl (C=O) groups excluding carboxylic acids is 4. The monoisotopic (exact) mass is 808 g/mol. The Morgan fingerprint density at radius 3 is 2.19 bits per heavy atom. The fourth-order valence-electron chi connectivity index (χ4n) is 6.58. The van der Waals surface area contributed by atoms with Gasteiger partial charge in [-0.15, -0.1) is 0 Å². The number of hydrogen-bond donors (Lipinski definition) is 4. The number of urea groups is 1. The molecule has 0 fully saturated rings. The molecule has 5 N–H and O–H groups in total. The van der Waals surface area contributed by atoms with Gasteiger partial charge < -0.3 is 45.5 Å². The van der Waals surface area contributed by atoms with Crippen molar-refractivity contribution < 1.29 is 38.1 Å². The molecular formula is C42H64N8O8. The fraction of sp³-hybridized carbons (Fsp3) is 0.619. The molecule has 4 rings (SSSR count). The van der Waals surface area contributed by atoms with Gasteiger partial charge in [0.25, 0.3) is 0 Å². The van der Waals surface area contributed by atoms with Crippen molar-refractivity contribution in [2.75, 3.05) is 84.4 Å². The van der Waals surface area contributed by atoms with Gasteiger partial charge in [-0.2, -0.15) is 5.10 Å². The lowest BCUT2D eigenvalue weighted by atomic mass is 9.93. The standard InChI is InChI=1S/C42H64N8O8/c1-3-4-8-34-28-44-29-35-30-49(31-37(34)35)42(54)47-36-11-9-33(10-12-36)41-32(2)27-40(53)50(48-41)18-7-5-6-16-45-39(52)14-19-55-21-23-57-25-26-58-24-22-56-20-17-46-38(51)13-15-43/h9-12,28-29,32H,3-8,13-27,30-31,43H2,1-2H3,(H,45,52)(H,46,51)(H,47,54). The van der Waals surface area contributed by atoms with Crippen LogP contribution in [0.25, 0.3) is 0 Å². The summed E-state index contributed by atoms with van der Waals surface area (Å²) in [5, 5.41) is 15.0. The number of ether oxygens (including phenoxy) is 4. The molecule has 0 aliphatic carbocycles. The Kier molecular flexibility index (Phi) is 21.1. The minimum absolute atomic E-state index is 0.00702. The smallest absolute Gasteiger partial charge is 0.322 e.